The van der Waals surface area contributed by atoms with Crippen LogP contribution >= 0.6 is 11.8 Å². The minimum atomic E-state index is 0.150. The summed E-state index contributed by atoms with van der Waals surface area (Å²) in [6.45, 7) is 0. The maximum Gasteiger partial charge on any atom is 0.121 e. The number of hydrogen-bond donors (Lipinski definition) is 0. The van der Waals surface area contributed by atoms with E-state index in [1.54, 1.807) is 18.9 Å². The van der Waals surface area contributed by atoms with Crippen LogP contribution in [0.4, 0.5) is 0 Å². The van der Waals surface area contributed by atoms with Crippen molar-refractivity contribution in [2.45, 2.75) is 10.3 Å². The van der Waals surface area contributed by atoms with Crippen LogP contribution in [0.2, 0.25) is 0 Å². The molecule has 3 heteroatoms. The van der Waals surface area contributed by atoms with Gasteiger partial charge in [0, 0.05) is 11.5 Å². The largest absolute Gasteiger partial charge is 0.497 e. The Kier molecular flexibility index (Phi) is 5.91. The summed E-state index contributed by atoms with van der Waals surface area (Å²) in [7, 11) is 1.69. The van der Waals surface area contributed by atoms with Crippen LogP contribution in [0.1, 0.15) is 16.4 Å². The molecule has 0 atom stereocenters. The van der Waals surface area contributed by atoms with Crippen molar-refractivity contribution < 1.29 is 4.74 Å². The Morgan fingerprint density at radius 1 is 0.688 bits per heavy atom. The van der Waals surface area contributed by atoms with Gasteiger partial charge in [-0.2, -0.15) is 0 Å². The second kappa shape index (κ2) is 9.29. The summed E-state index contributed by atoms with van der Waals surface area (Å²) in [6.07, 6.45) is 0. The predicted molar refractivity (Wildman–Crippen MR) is 134 cm³/mol. The molecular weight excluding hydrogens is 410 g/mol. The fourth-order valence-corrected chi connectivity index (χ4v) is 5.10. The lowest BCUT2D eigenvalue weighted by atomic mass is 10.0. The van der Waals surface area contributed by atoms with Gasteiger partial charge in [0.15, 0.2) is 0 Å². The molecule has 0 unspecified atom stereocenters. The predicted octanol–water partition coefficient (Wildman–Crippen LogP) is 7.79. The first-order valence-electron chi connectivity index (χ1n) is 10.6. The Morgan fingerprint density at radius 3 is 1.88 bits per heavy atom. The van der Waals surface area contributed by atoms with Crippen molar-refractivity contribution in [2.24, 2.45) is 0 Å². The van der Waals surface area contributed by atoms with E-state index in [9.17, 15) is 0 Å². The highest BCUT2D eigenvalue weighted by Crippen LogP contribution is 2.42. The Balaban J connectivity index is 1.65. The van der Waals surface area contributed by atoms with Crippen molar-refractivity contribution in [1.29, 1.82) is 0 Å². The highest BCUT2D eigenvalue weighted by Gasteiger charge is 2.18. The summed E-state index contributed by atoms with van der Waals surface area (Å²) in [5.41, 5.74) is 5.83. The zero-order valence-electron chi connectivity index (χ0n) is 17.8. The maximum atomic E-state index is 5.48. The van der Waals surface area contributed by atoms with E-state index in [4.69, 9.17) is 9.72 Å². The van der Waals surface area contributed by atoms with E-state index in [0.717, 1.165) is 21.7 Å². The molecule has 0 aliphatic rings. The summed E-state index contributed by atoms with van der Waals surface area (Å²) < 4.78 is 5.48. The van der Waals surface area contributed by atoms with Crippen LogP contribution in [0.3, 0.4) is 0 Å². The molecule has 4 aromatic carbocycles. The molecule has 0 aliphatic carbocycles. The summed E-state index contributed by atoms with van der Waals surface area (Å²) >= 11 is 1.78. The first-order chi connectivity index (χ1) is 15.8. The van der Waals surface area contributed by atoms with Crippen LogP contribution in [0.15, 0.2) is 120 Å². The Labute approximate surface area is 192 Å². The van der Waals surface area contributed by atoms with Gasteiger partial charge >= 0.3 is 0 Å². The lowest BCUT2D eigenvalue weighted by Gasteiger charge is -2.18. The van der Waals surface area contributed by atoms with Gasteiger partial charge in [-0.1, -0.05) is 103 Å². The van der Waals surface area contributed by atoms with Gasteiger partial charge in [0.2, 0.25) is 0 Å². The van der Waals surface area contributed by atoms with Crippen molar-refractivity contribution >= 4 is 22.7 Å². The van der Waals surface area contributed by atoms with Gasteiger partial charge in [0.05, 0.1) is 22.9 Å². The van der Waals surface area contributed by atoms with E-state index in [0.29, 0.717) is 0 Å². The van der Waals surface area contributed by atoms with Crippen LogP contribution in [0.5, 0.6) is 5.75 Å². The van der Waals surface area contributed by atoms with Crippen molar-refractivity contribution in [1.82, 2.24) is 4.98 Å². The second-order valence-electron chi connectivity index (χ2n) is 7.58. The molecule has 5 aromatic rings. The highest BCUT2D eigenvalue weighted by atomic mass is 32.2. The number of benzene rings is 4. The third kappa shape index (κ3) is 4.25. The van der Waals surface area contributed by atoms with E-state index in [1.807, 2.05) is 18.2 Å². The summed E-state index contributed by atoms with van der Waals surface area (Å²) in [4.78, 5) is 5.04. The molecule has 156 valence electrons. The average Bonchev–Trinajstić information content (AvgIpc) is 2.88. The molecule has 0 fully saturated rings. The Morgan fingerprint density at radius 2 is 1.28 bits per heavy atom. The van der Waals surface area contributed by atoms with E-state index in [-0.39, 0.29) is 5.25 Å². The van der Waals surface area contributed by atoms with Gasteiger partial charge in [-0.15, -0.1) is 0 Å². The fourth-order valence-electron chi connectivity index (χ4n) is 3.93. The molecular formula is C29H23NOS. The number of nitrogens with zero attached hydrogens (tertiary/aromatic N) is 1. The smallest absolute Gasteiger partial charge is 0.121 e. The Bertz CT molecular complexity index is 1280. The van der Waals surface area contributed by atoms with Gasteiger partial charge in [-0.05, 0) is 40.5 Å². The van der Waals surface area contributed by atoms with Crippen molar-refractivity contribution in [3.05, 3.63) is 126 Å². The van der Waals surface area contributed by atoms with Gasteiger partial charge in [0.25, 0.3) is 0 Å². The van der Waals surface area contributed by atoms with Crippen LogP contribution in [-0.2, 0) is 0 Å². The first-order valence-corrected chi connectivity index (χ1v) is 11.5. The Hall–Kier alpha value is -3.56. The molecule has 2 nitrogen and oxygen atoms in total. The third-order valence-corrected chi connectivity index (χ3v) is 6.75. The number of hydrogen-bond acceptors (Lipinski definition) is 3. The number of ether oxygens (including phenoxy) is 1. The molecule has 1 aromatic heterocycles. The van der Waals surface area contributed by atoms with Crippen LogP contribution < -0.4 is 4.74 Å². The molecule has 0 saturated heterocycles. The monoisotopic (exact) mass is 433 g/mol. The lowest BCUT2D eigenvalue weighted by molar-refractivity contribution is 0.415. The minimum Gasteiger partial charge on any atom is -0.497 e. The molecule has 5 rings (SSSR count). The van der Waals surface area contributed by atoms with Gasteiger partial charge in [-0.25, -0.2) is 4.98 Å². The zero-order valence-corrected chi connectivity index (χ0v) is 18.6. The molecule has 32 heavy (non-hydrogen) atoms. The molecule has 0 spiro atoms. The molecule has 1 heterocycles. The molecule has 0 saturated carbocycles. The van der Waals surface area contributed by atoms with Gasteiger partial charge in [0.1, 0.15) is 5.75 Å². The zero-order chi connectivity index (χ0) is 21.8. The number of rotatable bonds is 6. The quantitative estimate of drug-likeness (QED) is 0.255. The number of fused-ring (bicyclic) bond motifs is 1. The SMILES string of the molecule is COc1ccc2c(-c3ccccc3)cc(SC(c3ccccc3)c3ccccc3)nc2c1. The van der Waals surface area contributed by atoms with E-state index >= 15 is 0 Å². The summed E-state index contributed by atoms with van der Waals surface area (Å²) in [5, 5.41) is 2.26. The summed E-state index contributed by atoms with van der Waals surface area (Å²) in [6, 6.07) is 40.1. The number of methoxy groups -OCH3 is 1. The van der Waals surface area contributed by atoms with E-state index < -0.39 is 0 Å². The number of pyridine rings is 1. The molecule has 0 radical (unpaired) electrons. The summed E-state index contributed by atoms with van der Waals surface area (Å²) in [5.74, 6) is 0.814. The molecule has 0 amide bonds. The van der Waals surface area contributed by atoms with Crippen LogP contribution in [0, 0.1) is 0 Å². The van der Waals surface area contributed by atoms with Crippen LogP contribution in [-0.4, -0.2) is 12.1 Å². The van der Waals surface area contributed by atoms with Crippen molar-refractivity contribution in [3.63, 3.8) is 0 Å². The average molecular weight is 434 g/mol. The fraction of sp³-hybridized carbons (Fsp3) is 0.0690. The topological polar surface area (TPSA) is 22.1 Å². The van der Waals surface area contributed by atoms with Crippen molar-refractivity contribution in [2.75, 3.05) is 7.11 Å². The van der Waals surface area contributed by atoms with E-state index in [2.05, 4.69) is 97.1 Å². The van der Waals surface area contributed by atoms with Crippen LogP contribution in [0.25, 0.3) is 22.0 Å². The first kappa shape index (κ1) is 20.3. The maximum absolute atomic E-state index is 5.48. The van der Waals surface area contributed by atoms with Gasteiger partial charge < -0.3 is 4.74 Å². The minimum absolute atomic E-state index is 0.150. The third-order valence-electron chi connectivity index (χ3n) is 5.52. The second-order valence-corrected chi connectivity index (χ2v) is 8.70. The van der Waals surface area contributed by atoms with Crippen molar-refractivity contribution in [3.8, 4) is 16.9 Å². The molecule has 0 bridgehead atoms. The standard InChI is InChI=1S/C29H23NOS/c1-31-24-17-18-25-26(21-11-5-2-6-12-21)20-28(30-27(25)19-24)32-29(22-13-7-3-8-14-22)23-15-9-4-10-16-23/h2-20,29H,1H3. The van der Waals surface area contributed by atoms with E-state index in [1.165, 1.54) is 22.3 Å². The number of thioether (sulfide) groups is 1. The lowest BCUT2D eigenvalue weighted by Crippen LogP contribution is -1.98. The normalized spacial score (nSPS) is 11.1. The molecule has 0 aliphatic heterocycles. The van der Waals surface area contributed by atoms with Gasteiger partial charge in [-0.3, -0.25) is 0 Å². The molecule has 0 N–H and O–H groups in total. The number of aromatic nitrogens is 1. The highest BCUT2D eigenvalue weighted by molar-refractivity contribution is 7.99.